The third-order valence-electron chi connectivity index (χ3n) is 2.99. The number of guanidine groups is 1. The molecule has 5 nitrogen and oxygen atoms in total. The van der Waals surface area contributed by atoms with Crippen LogP contribution in [0.25, 0.3) is 0 Å². The molecular weight excluding hydrogens is 280 g/mol. The van der Waals surface area contributed by atoms with E-state index in [-0.39, 0.29) is 12.3 Å². The average Bonchev–Trinajstić information content (AvgIpc) is 2.46. The topological polar surface area (TPSA) is 60.1 Å². The standard InChI is InChI=1S/C14H21F2N3O2/c1-4-19(5-2)14(17)18-9-10-6-7-11(20-3)8-12(10)21-13(15)16/h6-8,13H,4-5,9H2,1-3H3,(H2,17,18). The van der Waals surface area contributed by atoms with Crippen LogP contribution in [-0.4, -0.2) is 37.7 Å². The molecule has 0 bridgehead atoms. The summed E-state index contributed by atoms with van der Waals surface area (Å²) >= 11 is 0. The second kappa shape index (κ2) is 8.28. The molecule has 0 saturated heterocycles. The van der Waals surface area contributed by atoms with Gasteiger partial charge in [0, 0.05) is 24.7 Å². The van der Waals surface area contributed by atoms with Gasteiger partial charge in [0.05, 0.1) is 13.7 Å². The number of benzene rings is 1. The average molecular weight is 301 g/mol. The number of methoxy groups -OCH3 is 1. The summed E-state index contributed by atoms with van der Waals surface area (Å²) in [6.45, 7) is 2.65. The van der Waals surface area contributed by atoms with E-state index >= 15 is 0 Å². The largest absolute Gasteiger partial charge is 0.497 e. The molecule has 1 aromatic carbocycles. The van der Waals surface area contributed by atoms with Gasteiger partial charge in [-0.3, -0.25) is 0 Å². The molecule has 7 heteroatoms. The molecule has 21 heavy (non-hydrogen) atoms. The van der Waals surface area contributed by atoms with Crippen LogP contribution in [0.3, 0.4) is 0 Å². The maximum Gasteiger partial charge on any atom is 0.387 e. The summed E-state index contributed by atoms with van der Waals surface area (Å²) < 4.78 is 34.4. The van der Waals surface area contributed by atoms with Crippen LogP contribution < -0.4 is 15.2 Å². The van der Waals surface area contributed by atoms with E-state index in [1.807, 2.05) is 18.7 Å². The van der Waals surface area contributed by atoms with Crippen LogP contribution in [0.1, 0.15) is 19.4 Å². The summed E-state index contributed by atoms with van der Waals surface area (Å²) in [5, 5.41) is 0. The molecule has 0 unspecified atom stereocenters. The van der Waals surface area contributed by atoms with E-state index in [1.54, 1.807) is 12.1 Å². The fourth-order valence-electron chi connectivity index (χ4n) is 1.81. The van der Waals surface area contributed by atoms with E-state index in [2.05, 4.69) is 9.73 Å². The van der Waals surface area contributed by atoms with E-state index in [0.29, 0.717) is 17.3 Å². The Morgan fingerprint density at radius 1 is 1.33 bits per heavy atom. The van der Waals surface area contributed by atoms with Crippen molar-refractivity contribution >= 4 is 5.96 Å². The first-order chi connectivity index (χ1) is 10.0. The Morgan fingerprint density at radius 3 is 2.52 bits per heavy atom. The van der Waals surface area contributed by atoms with Crippen LogP contribution in [0.4, 0.5) is 8.78 Å². The summed E-state index contributed by atoms with van der Waals surface area (Å²) in [5.41, 5.74) is 6.38. The zero-order valence-corrected chi connectivity index (χ0v) is 12.5. The van der Waals surface area contributed by atoms with Gasteiger partial charge >= 0.3 is 6.61 Å². The zero-order valence-electron chi connectivity index (χ0n) is 12.5. The lowest BCUT2D eigenvalue weighted by Crippen LogP contribution is -2.37. The highest BCUT2D eigenvalue weighted by Gasteiger charge is 2.11. The maximum atomic E-state index is 12.4. The number of hydrogen-bond acceptors (Lipinski definition) is 3. The number of aliphatic imine (C=N–C) groups is 1. The highest BCUT2D eigenvalue weighted by molar-refractivity contribution is 5.78. The van der Waals surface area contributed by atoms with Gasteiger partial charge in [0.15, 0.2) is 5.96 Å². The third kappa shape index (κ3) is 5.09. The molecule has 118 valence electrons. The fourth-order valence-corrected chi connectivity index (χ4v) is 1.81. The minimum Gasteiger partial charge on any atom is -0.497 e. The Morgan fingerprint density at radius 2 is 2.00 bits per heavy atom. The van der Waals surface area contributed by atoms with Crippen molar-refractivity contribution in [3.8, 4) is 11.5 Å². The number of nitrogens with zero attached hydrogens (tertiary/aromatic N) is 2. The van der Waals surface area contributed by atoms with Crippen molar-refractivity contribution in [3.63, 3.8) is 0 Å². The molecule has 0 fully saturated rings. The Labute approximate surface area is 123 Å². The van der Waals surface area contributed by atoms with E-state index in [4.69, 9.17) is 10.5 Å². The lowest BCUT2D eigenvalue weighted by molar-refractivity contribution is -0.0505. The van der Waals surface area contributed by atoms with Gasteiger partial charge in [0.2, 0.25) is 0 Å². The van der Waals surface area contributed by atoms with Crippen LogP contribution in [0.5, 0.6) is 11.5 Å². The molecule has 0 saturated carbocycles. The van der Waals surface area contributed by atoms with Crippen molar-refractivity contribution in [2.45, 2.75) is 27.0 Å². The molecule has 1 rings (SSSR count). The number of rotatable bonds is 7. The first-order valence-corrected chi connectivity index (χ1v) is 6.68. The van der Waals surface area contributed by atoms with Crippen LogP contribution in [0.15, 0.2) is 23.2 Å². The quantitative estimate of drug-likeness (QED) is 0.621. The van der Waals surface area contributed by atoms with Crippen molar-refractivity contribution in [1.82, 2.24) is 4.90 Å². The Hall–Kier alpha value is -2.05. The van der Waals surface area contributed by atoms with Gasteiger partial charge in [-0.05, 0) is 26.0 Å². The van der Waals surface area contributed by atoms with Gasteiger partial charge in [0.25, 0.3) is 0 Å². The van der Waals surface area contributed by atoms with Gasteiger partial charge in [-0.1, -0.05) is 0 Å². The highest BCUT2D eigenvalue weighted by Crippen LogP contribution is 2.27. The molecule has 0 aromatic heterocycles. The summed E-state index contributed by atoms with van der Waals surface area (Å²) in [6.07, 6.45) is 0. The Balaban J connectivity index is 2.93. The molecule has 0 aliphatic rings. The summed E-state index contributed by atoms with van der Waals surface area (Å²) in [4.78, 5) is 6.09. The predicted molar refractivity (Wildman–Crippen MR) is 77.9 cm³/mol. The van der Waals surface area contributed by atoms with Crippen LogP contribution in [0, 0.1) is 0 Å². The number of nitrogens with two attached hydrogens (primary N) is 1. The van der Waals surface area contributed by atoms with Gasteiger partial charge in [-0.15, -0.1) is 0 Å². The van der Waals surface area contributed by atoms with E-state index in [1.165, 1.54) is 13.2 Å². The van der Waals surface area contributed by atoms with Gasteiger partial charge in [-0.25, -0.2) is 4.99 Å². The second-order valence-electron chi connectivity index (χ2n) is 4.20. The molecule has 0 amide bonds. The van der Waals surface area contributed by atoms with Crippen molar-refractivity contribution in [2.75, 3.05) is 20.2 Å². The zero-order chi connectivity index (χ0) is 15.8. The van der Waals surface area contributed by atoms with Crippen LogP contribution >= 0.6 is 0 Å². The van der Waals surface area contributed by atoms with Crippen LogP contribution in [0.2, 0.25) is 0 Å². The highest BCUT2D eigenvalue weighted by atomic mass is 19.3. The van der Waals surface area contributed by atoms with Gasteiger partial charge < -0.3 is 20.1 Å². The molecule has 0 spiro atoms. The molecule has 0 aliphatic heterocycles. The number of hydrogen-bond donors (Lipinski definition) is 1. The molecule has 1 aromatic rings. The second-order valence-corrected chi connectivity index (χ2v) is 4.20. The van der Waals surface area contributed by atoms with E-state index < -0.39 is 6.61 Å². The summed E-state index contributed by atoms with van der Waals surface area (Å²) in [7, 11) is 1.46. The minimum atomic E-state index is -2.90. The SMILES string of the molecule is CCN(CC)C(N)=NCc1ccc(OC)cc1OC(F)F. The molecular formula is C14H21F2N3O2. The smallest absolute Gasteiger partial charge is 0.387 e. The number of halogens is 2. The summed E-state index contributed by atoms with van der Waals surface area (Å²) in [5.74, 6) is 0.856. The van der Waals surface area contributed by atoms with Crippen molar-refractivity contribution in [3.05, 3.63) is 23.8 Å². The predicted octanol–water partition coefficient (Wildman–Crippen LogP) is 2.45. The van der Waals surface area contributed by atoms with Gasteiger partial charge in [0.1, 0.15) is 11.5 Å². The van der Waals surface area contributed by atoms with E-state index in [9.17, 15) is 8.78 Å². The van der Waals surface area contributed by atoms with Crippen molar-refractivity contribution in [2.24, 2.45) is 10.7 Å². The third-order valence-corrected chi connectivity index (χ3v) is 2.99. The lowest BCUT2D eigenvalue weighted by Gasteiger charge is -2.19. The van der Waals surface area contributed by atoms with E-state index in [0.717, 1.165) is 13.1 Å². The molecule has 2 N–H and O–H groups in total. The normalized spacial score (nSPS) is 11.6. The molecule has 0 radical (unpaired) electrons. The molecule has 0 heterocycles. The van der Waals surface area contributed by atoms with Crippen molar-refractivity contribution < 1.29 is 18.3 Å². The summed E-state index contributed by atoms with van der Waals surface area (Å²) in [6, 6.07) is 4.71. The van der Waals surface area contributed by atoms with Gasteiger partial charge in [-0.2, -0.15) is 8.78 Å². The lowest BCUT2D eigenvalue weighted by atomic mass is 10.2. The Bertz CT molecular complexity index is 477. The van der Waals surface area contributed by atoms with Crippen LogP contribution in [-0.2, 0) is 6.54 Å². The molecule has 0 aliphatic carbocycles. The first kappa shape index (κ1) is 17.0. The maximum absolute atomic E-state index is 12.4. The molecule has 0 atom stereocenters. The minimum absolute atomic E-state index is 0.0421. The van der Waals surface area contributed by atoms with Crippen molar-refractivity contribution in [1.29, 1.82) is 0 Å². The Kier molecular flexibility index (Phi) is 6.71. The first-order valence-electron chi connectivity index (χ1n) is 6.68. The number of alkyl halides is 2. The number of ether oxygens (including phenoxy) is 2. The monoisotopic (exact) mass is 301 g/mol. The fraction of sp³-hybridized carbons (Fsp3) is 0.500.